The Bertz CT molecular complexity index is 669. The van der Waals surface area contributed by atoms with E-state index in [0.29, 0.717) is 27.9 Å². The van der Waals surface area contributed by atoms with Crippen molar-refractivity contribution < 1.29 is 4.79 Å². The highest BCUT2D eigenvalue weighted by molar-refractivity contribution is 6.42. The molecule has 1 amide bonds. The summed E-state index contributed by atoms with van der Waals surface area (Å²) >= 11 is 18.0. The van der Waals surface area contributed by atoms with Gasteiger partial charge in [-0.2, -0.15) is 0 Å². The third-order valence-corrected chi connectivity index (χ3v) is 4.20. The number of fused-ring (bicyclic) bond motifs is 1. The first-order chi connectivity index (χ1) is 9.99. The van der Waals surface area contributed by atoms with Crippen molar-refractivity contribution in [2.45, 2.75) is 32.2 Å². The molecule has 1 unspecified atom stereocenters. The summed E-state index contributed by atoms with van der Waals surface area (Å²) in [5.41, 5.74) is 1.43. The fourth-order valence-electron chi connectivity index (χ4n) is 2.18. The first-order valence-corrected chi connectivity index (χ1v) is 7.98. The number of hydrogen-bond acceptors (Lipinski definition) is 2. The lowest BCUT2D eigenvalue weighted by molar-refractivity contribution is -0.123. The summed E-state index contributed by atoms with van der Waals surface area (Å²) in [6.45, 7) is 4.45. The highest BCUT2D eigenvalue weighted by atomic mass is 35.5. The number of nitrogens with one attached hydrogen (secondary N) is 1. The molecule has 1 N–H and O–H groups in total. The Morgan fingerprint density at radius 2 is 2.05 bits per heavy atom. The van der Waals surface area contributed by atoms with Gasteiger partial charge in [0, 0.05) is 6.54 Å². The Hall–Kier alpha value is -0.970. The van der Waals surface area contributed by atoms with Crippen LogP contribution in [0.2, 0.25) is 10.0 Å². The van der Waals surface area contributed by atoms with Gasteiger partial charge in [0.15, 0.2) is 0 Å². The molecule has 1 aromatic heterocycles. The van der Waals surface area contributed by atoms with Crippen molar-refractivity contribution in [3.05, 3.63) is 28.0 Å². The largest absolute Gasteiger partial charge is 0.354 e. The molecule has 0 saturated heterocycles. The minimum absolute atomic E-state index is 0.0754. The lowest BCUT2D eigenvalue weighted by Crippen LogP contribution is -2.32. The third-order valence-electron chi connectivity index (χ3n) is 3.24. The molecule has 1 heterocycles. The number of carbonyl (C=O) groups is 1. The number of halogens is 3. The van der Waals surface area contributed by atoms with E-state index in [-0.39, 0.29) is 11.8 Å². The zero-order chi connectivity index (χ0) is 15.6. The van der Waals surface area contributed by atoms with Gasteiger partial charge in [0.1, 0.15) is 11.9 Å². The minimum Gasteiger partial charge on any atom is -0.354 e. The van der Waals surface area contributed by atoms with Crippen molar-refractivity contribution in [3.63, 3.8) is 0 Å². The van der Waals surface area contributed by atoms with Gasteiger partial charge in [-0.25, -0.2) is 4.98 Å². The Morgan fingerprint density at radius 3 is 2.67 bits per heavy atom. The molecule has 0 spiro atoms. The zero-order valence-electron chi connectivity index (χ0n) is 11.8. The van der Waals surface area contributed by atoms with Crippen LogP contribution in [0.3, 0.4) is 0 Å². The van der Waals surface area contributed by atoms with Crippen molar-refractivity contribution in [3.8, 4) is 0 Å². The highest BCUT2D eigenvalue weighted by Crippen LogP contribution is 2.30. The summed E-state index contributed by atoms with van der Waals surface area (Å²) in [6, 6.07) is 2.97. The predicted molar refractivity (Wildman–Crippen MR) is 87.3 cm³/mol. The summed E-state index contributed by atoms with van der Waals surface area (Å²) in [7, 11) is 0. The number of nitrogens with zero attached hydrogens (tertiary/aromatic N) is 2. The first kappa shape index (κ1) is 16.4. The van der Waals surface area contributed by atoms with E-state index in [4.69, 9.17) is 34.8 Å². The van der Waals surface area contributed by atoms with Gasteiger partial charge in [-0.3, -0.25) is 4.79 Å². The first-order valence-electron chi connectivity index (χ1n) is 6.69. The maximum atomic E-state index is 12.2. The molecule has 21 heavy (non-hydrogen) atoms. The molecule has 4 nitrogen and oxygen atoms in total. The Balaban J connectivity index is 2.50. The normalized spacial score (nSPS) is 12.6. The molecule has 2 aromatic rings. The molecule has 7 heteroatoms. The van der Waals surface area contributed by atoms with Crippen LogP contribution in [0.5, 0.6) is 0 Å². The number of hydrogen-bond donors (Lipinski definition) is 1. The van der Waals surface area contributed by atoms with Crippen LogP contribution in [0.1, 0.15) is 32.1 Å². The zero-order valence-corrected chi connectivity index (χ0v) is 14.1. The van der Waals surface area contributed by atoms with E-state index in [2.05, 4.69) is 10.3 Å². The fourth-order valence-corrected chi connectivity index (χ4v) is 2.68. The van der Waals surface area contributed by atoms with Crippen LogP contribution in [-0.4, -0.2) is 22.0 Å². The molecule has 0 aliphatic carbocycles. The number of alkyl halides is 1. The number of carbonyl (C=O) groups excluding carboxylic acids is 1. The molecule has 0 saturated carbocycles. The third kappa shape index (κ3) is 3.28. The summed E-state index contributed by atoms with van der Waals surface area (Å²) < 4.78 is 1.80. The van der Waals surface area contributed by atoms with Gasteiger partial charge < -0.3 is 9.88 Å². The van der Waals surface area contributed by atoms with E-state index in [9.17, 15) is 4.79 Å². The van der Waals surface area contributed by atoms with Crippen LogP contribution in [0.15, 0.2) is 12.1 Å². The van der Waals surface area contributed by atoms with E-state index in [0.717, 1.165) is 11.9 Å². The smallest absolute Gasteiger partial charge is 0.242 e. The molecule has 114 valence electrons. The Morgan fingerprint density at radius 1 is 1.38 bits per heavy atom. The summed E-state index contributed by atoms with van der Waals surface area (Å²) in [5.74, 6) is 0.743. The van der Waals surface area contributed by atoms with Crippen LogP contribution in [0.25, 0.3) is 11.0 Å². The van der Waals surface area contributed by atoms with Crippen LogP contribution in [0.4, 0.5) is 0 Å². The predicted octanol–water partition coefficient (Wildman–Crippen LogP) is 4.17. The number of benzene rings is 1. The lowest BCUT2D eigenvalue weighted by Gasteiger charge is -2.16. The molecule has 0 aliphatic rings. The van der Waals surface area contributed by atoms with Crippen molar-refractivity contribution in [1.82, 2.24) is 14.9 Å². The van der Waals surface area contributed by atoms with E-state index in [1.165, 1.54) is 0 Å². The van der Waals surface area contributed by atoms with Crippen LogP contribution < -0.4 is 5.32 Å². The number of amides is 1. The molecule has 1 aromatic carbocycles. The van der Waals surface area contributed by atoms with Crippen molar-refractivity contribution >= 4 is 51.7 Å². The van der Waals surface area contributed by atoms with E-state index in [1.807, 2.05) is 13.8 Å². The minimum atomic E-state index is -0.424. The molecule has 2 rings (SSSR count). The molecular formula is C14H16Cl3N3O. The second kappa shape index (κ2) is 6.86. The maximum Gasteiger partial charge on any atom is 0.242 e. The molecule has 1 atom stereocenters. The van der Waals surface area contributed by atoms with Crippen molar-refractivity contribution in [2.75, 3.05) is 6.54 Å². The van der Waals surface area contributed by atoms with Crippen LogP contribution >= 0.6 is 34.8 Å². The second-order valence-corrected chi connectivity index (χ2v) is 5.84. The van der Waals surface area contributed by atoms with Gasteiger partial charge in [-0.15, -0.1) is 11.6 Å². The van der Waals surface area contributed by atoms with Crippen LogP contribution in [0, 0.1) is 0 Å². The quantitative estimate of drug-likeness (QED) is 0.824. The number of imidazole rings is 1. The van der Waals surface area contributed by atoms with Gasteiger partial charge in [0.25, 0.3) is 0 Å². The molecular weight excluding hydrogens is 333 g/mol. The number of rotatable bonds is 5. The highest BCUT2D eigenvalue weighted by Gasteiger charge is 2.21. The monoisotopic (exact) mass is 347 g/mol. The van der Waals surface area contributed by atoms with Gasteiger partial charge in [-0.1, -0.05) is 30.1 Å². The maximum absolute atomic E-state index is 12.2. The molecule has 0 bridgehead atoms. The van der Waals surface area contributed by atoms with Gasteiger partial charge >= 0.3 is 0 Å². The number of aromatic nitrogens is 2. The summed E-state index contributed by atoms with van der Waals surface area (Å²) in [4.78, 5) is 16.6. The van der Waals surface area contributed by atoms with E-state index >= 15 is 0 Å². The van der Waals surface area contributed by atoms with E-state index < -0.39 is 6.04 Å². The summed E-state index contributed by atoms with van der Waals surface area (Å²) in [5, 5.41) is 3.73. The Labute approximate surface area is 138 Å². The Kier molecular flexibility index (Phi) is 5.36. The van der Waals surface area contributed by atoms with Crippen LogP contribution in [-0.2, 0) is 10.7 Å². The van der Waals surface area contributed by atoms with Gasteiger partial charge in [0.2, 0.25) is 5.91 Å². The standard InChI is InChI=1S/C14H16Cl3N3O/c1-3-4-18-14(21)8(2)20-12-6-10(17)9(16)5-11(12)19-13(20)7-15/h5-6,8H,3-4,7H2,1-2H3,(H,18,21). The molecule has 0 aliphatic heterocycles. The SMILES string of the molecule is CCCNC(=O)C(C)n1c(CCl)nc2cc(Cl)c(Cl)cc21. The molecule has 0 radical (unpaired) electrons. The van der Waals surface area contributed by atoms with Crippen molar-refractivity contribution in [1.29, 1.82) is 0 Å². The topological polar surface area (TPSA) is 46.9 Å². The fraction of sp³-hybridized carbons (Fsp3) is 0.429. The average Bonchev–Trinajstić information content (AvgIpc) is 2.81. The second-order valence-electron chi connectivity index (χ2n) is 4.75. The average molecular weight is 349 g/mol. The molecule has 0 fully saturated rings. The van der Waals surface area contributed by atoms with E-state index in [1.54, 1.807) is 16.7 Å². The lowest BCUT2D eigenvalue weighted by atomic mass is 10.2. The van der Waals surface area contributed by atoms with Gasteiger partial charge in [0.05, 0.1) is 27.0 Å². The summed E-state index contributed by atoms with van der Waals surface area (Å²) in [6.07, 6.45) is 0.882. The van der Waals surface area contributed by atoms with Crippen molar-refractivity contribution in [2.24, 2.45) is 0 Å². The van der Waals surface area contributed by atoms with Gasteiger partial charge in [-0.05, 0) is 25.5 Å².